The lowest BCUT2D eigenvalue weighted by atomic mass is 10.1. The van der Waals surface area contributed by atoms with Crippen molar-refractivity contribution in [3.63, 3.8) is 0 Å². The van der Waals surface area contributed by atoms with Gasteiger partial charge in [0.15, 0.2) is 0 Å². The summed E-state index contributed by atoms with van der Waals surface area (Å²) >= 11 is 5.79. The molecule has 2 aromatic carbocycles. The number of phenols is 1. The fourth-order valence-electron chi connectivity index (χ4n) is 2.09. The van der Waals surface area contributed by atoms with Gasteiger partial charge in [0.2, 0.25) is 5.91 Å². The topological polar surface area (TPSA) is 78.4 Å². The van der Waals surface area contributed by atoms with Gasteiger partial charge in [-0.25, -0.2) is 0 Å². The van der Waals surface area contributed by atoms with Crippen LogP contribution < -0.4 is 10.6 Å². The van der Waals surface area contributed by atoms with Crippen molar-refractivity contribution in [1.82, 2.24) is 5.32 Å². The van der Waals surface area contributed by atoms with E-state index in [1.165, 1.54) is 18.2 Å². The molecule has 0 atom stereocenters. The number of hydrogen-bond acceptors (Lipinski definition) is 3. The van der Waals surface area contributed by atoms with Crippen molar-refractivity contribution in [2.45, 2.75) is 13.3 Å². The van der Waals surface area contributed by atoms with Gasteiger partial charge < -0.3 is 15.7 Å². The van der Waals surface area contributed by atoms with Crippen LogP contribution in [0.5, 0.6) is 5.75 Å². The van der Waals surface area contributed by atoms with E-state index in [0.717, 1.165) is 17.7 Å². The molecule has 5 nitrogen and oxygen atoms in total. The predicted molar refractivity (Wildman–Crippen MR) is 89.9 cm³/mol. The van der Waals surface area contributed by atoms with Crippen molar-refractivity contribution < 1.29 is 14.7 Å². The summed E-state index contributed by atoms with van der Waals surface area (Å²) in [7, 11) is 0. The molecular formula is C17H17ClN2O3. The summed E-state index contributed by atoms with van der Waals surface area (Å²) in [6, 6.07) is 11.6. The average molecular weight is 333 g/mol. The third kappa shape index (κ3) is 4.47. The van der Waals surface area contributed by atoms with Crippen LogP contribution >= 0.6 is 11.6 Å². The number of aromatic hydroxyl groups is 1. The van der Waals surface area contributed by atoms with Gasteiger partial charge >= 0.3 is 0 Å². The SMILES string of the molecule is CCc1ccccc1NC(=O)CNC(=O)c1cc(Cl)ccc1O. The minimum absolute atomic E-state index is 0.0271. The van der Waals surface area contributed by atoms with Crippen LogP contribution in [0.1, 0.15) is 22.8 Å². The minimum atomic E-state index is -0.566. The number of rotatable bonds is 5. The zero-order valence-corrected chi connectivity index (χ0v) is 13.4. The number of halogens is 1. The van der Waals surface area contributed by atoms with E-state index in [0.29, 0.717) is 5.02 Å². The van der Waals surface area contributed by atoms with Gasteiger partial charge in [-0.3, -0.25) is 9.59 Å². The molecule has 0 aliphatic rings. The first-order valence-electron chi connectivity index (χ1n) is 7.15. The second kappa shape index (κ2) is 7.65. The fourth-order valence-corrected chi connectivity index (χ4v) is 2.26. The highest BCUT2D eigenvalue weighted by atomic mass is 35.5. The van der Waals surface area contributed by atoms with Crippen LogP contribution in [0.25, 0.3) is 0 Å². The van der Waals surface area contributed by atoms with Crippen molar-refractivity contribution >= 4 is 29.1 Å². The molecular weight excluding hydrogens is 316 g/mol. The number of phenolic OH excluding ortho intramolecular Hbond substituents is 1. The van der Waals surface area contributed by atoms with Crippen LogP contribution in [0.4, 0.5) is 5.69 Å². The number of hydrogen-bond donors (Lipinski definition) is 3. The zero-order valence-electron chi connectivity index (χ0n) is 12.6. The molecule has 0 radical (unpaired) electrons. The Morgan fingerprint density at radius 1 is 1.17 bits per heavy atom. The third-order valence-electron chi connectivity index (χ3n) is 3.29. The Bertz CT molecular complexity index is 732. The number of amides is 2. The molecule has 0 saturated carbocycles. The highest BCUT2D eigenvalue weighted by Gasteiger charge is 2.13. The van der Waals surface area contributed by atoms with Gasteiger partial charge in [-0.15, -0.1) is 0 Å². The lowest BCUT2D eigenvalue weighted by molar-refractivity contribution is -0.115. The maximum Gasteiger partial charge on any atom is 0.255 e. The Labute approximate surface area is 139 Å². The summed E-state index contributed by atoms with van der Waals surface area (Å²) in [5.41, 5.74) is 1.76. The van der Waals surface area contributed by atoms with Gasteiger partial charge in [0.1, 0.15) is 5.75 Å². The van der Waals surface area contributed by atoms with Gasteiger partial charge in [0, 0.05) is 10.7 Å². The molecule has 23 heavy (non-hydrogen) atoms. The number of aryl methyl sites for hydroxylation is 1. The molecule has 0 aliphatic carbocycles. The molecule has 6 heteroatoms. The van der Waals surface area contributed by atoms with E-state index in [-0.39, 0.29) is 23.8 Å². The van der Waals surface area contributed by atoms with Crippen LogP contribution in [0, 0.1) is 0 Å². The van der Waals surface area contributed by atoms with Gasteiger partial charge in [0.05, 0.1) is 12.1 Å². The molecule has 0 aliphatic heterocycles. The normalized spacial score (nSPS) is 10.2. The summed E-state index contributed by atoms with van der Waals surface area (Å²) in [6.07, 6.45) is 0.791. The first-order chi connectivity index (χ1) is 11.0. The summed E-state index contributed by atoms with van der Waals surface area (Å²) < 4.78 is 0. The van der Waals surface area contributed by atoms with E-state index in [4.69, 9.17) is 11.6 Å². The number of anilines is 1. The standard InChI is InChI=1S/C17H17ClN2O3/c1-2-11-5-3-4-6-14(11)20-16(22)10-19-17(23)13-9-12(18)7-8-15(13)21/h3-9,21H,2,10H2,1H3,(H,19,23)(H,20,22). The van der Waals surface area contributed by atoms with Gasteiger partial charge in [-0.05, 0) is 36.2 Å². The maximum atomic E-state index is 12.0. The lowest BCUT2D eigenvalue weighted by Crippen LogP contribution is -2.33. The molecule has 0 unspecified atom stereocenters. The number of para-hydroxylation sites is 1. The molecule has 2 aromatic rings. The van der Waals surface area contributed by atoms with Crippen LogP contribution in [0.2, 0.25) is 5.02 Å². The molecule has 0 spiro atoms. The van der Waals surface area contributed by atoms with Crippen molar-refractivity contribution in [1.29, 1.82) is 0 Å². The third-order valence-corrected chi connectivity index (χ3v) is 3.52. The predicted octanol–water partition coefficient (Wildman–Crippen LogP) is 2.98. The molecule has 0 heterocycles. The molecule has 0 aromatic heterocycles. The monoisotopic (exact) mass is 332 g/mol. The zero-order chi connectivity index (χ0) is 16.8. The van der Waals surface area contributed by atoms with Crippen LogP contribution in [-0.2, 0) is 11.2 Å². The Balaban J connectivity index is 1.96. The van der Waals surface area contributed by atoms with Crippen molar-refractivity contribution in [2.24, 2.45) is 0 Å². The second-order valence-corrected chi connectivity index (χ2v) is 5.34. The largest absolute Gasteiger partial charge is 0.507 e. The van der Waals surface area contributed by atoms with Crippen molar-refractivity contribution in [2.75, 3.05) is 11.9 Å². The quantitative estimate of drug-likeness (QED) is 0.787. The summed E-state index contributed by atoms with van der Waals surface area (Å²) in [4.78, 5) is 23.9. The maximum absolute atomic E-state index is 12.0. The molecule has 2 amide bonds. The van der Waals surface area contributed by atoms with Gasteiger partial charge in [-0.1, -0.05) is 36.7 Å². The highest BCUT2D eigenvalue weighted by molar-refractivity contribution is 6.31. The number of nitrogens with one attached hydrogen (secondary N) is 2. The van der Waals surface area contributed by atoms with Crippen LogP contribution in [0.15, 0.2) is 42.5 Å². The molecule has 120 valence electrons. The molecule has 0 saturated heterocycles. The van der Waals surface area contributed by atoms with Crippen molar-refractivity contribution in [3.8, 4) is 5.75 Å². The molecule has 3 N–H and O–H groups in total. The summed E-state index contributed by atoms with van der Waals surface area (Å²) in [5, 5.41) is 15.2. The second-order valence-electron chi connectivity index (χ2n) is 4.90. The van der Waals surface area contributed by atoms with E-state index in [2.05, 4.69) is 10.6 Å². The average Bonchev–Trinajstić information content (AvgIpc) is 2.55. The summed E-state index contributed by atoms with van der Waals surface area (Å²) in [5.74, 6) is -1.10. The smallest absolute Gasteiger partial charge is 0.255 e. The summed E-state index contributed by atoms with van der Waals surface area (Å²) in [6.45, 7) is 1.79. The number of benzene rings is 2. The molecule has 0 bridgehead atoms. The minimum Gasteiger partial charge on any atom is -0.507 e. The molecule has 0 fully saturated rings. The Kier molecular flexibility index (Phi) is 5.60. The first kappa shape index (κ1) is 16.8. The number of carbonyl (C=O) groups excluding carboxylic acids is 2. The van der Waals surface area contributed by atoms with E-state index < -0.39 is 5.91 Å². The lowest BCUT2D eigenvalue weighted by Gasteiger charge is -2.11. The van der Waals surface area contributed by atoms with Gasteiger partial charge in [-0.2, -0.15) is 0 Å². The Morgan fingerprint density at radius 3 is 2.65 bits per heavy atom. The number of carbonyl (C=O) groups is 2. The highest BCUT2D eigenvalue weighted by Crippen LogP contribution is 2.21. The van der Waals surface area contributed by atoms with Gasteiger partial charge in [0.25, 0.3) is 5.91 Å². The Hall–Kier alpha value is -2.53. The van der Waals surface area contributed by atoms with E-state index in [1.54, 1.807) is 6.07 Å². The van der Waals surface area contributed by atoms with Crippen LogP contribution in [-0.4, -0.2) is 23.5 Å². The van der Waals surface area contributed by atoms with Crippen LogP contribution in [0.3, 0.4) is 0 Å². The Morgan fingerprint density at radius 2 is 1.91 bits per heavy atom. The van der Waals surface area contributed by atoms with E-state index in [9.17, 15) is 14.7 Å². The first-order valence-corrected chi connectivity index (χ1v) is 7.53. The van der Waals surface area contributed by atoms with E-state index in [1.807, 2.05) is 25.1 Å². The van der Waals surface area contributed by atoms with Crippen molar-refractivity contribution in [3.05, 3.63) is 58.6 Å². The molecule has 2 rings (SSSR count). The van der Waals surface area contributed by atoms with E-state index >= 15 is 0 Å². The fraction of sp³-hybridized carbons (Fsp3) is 0.176.